The molecule has 26 heavy (non-hydrogen) atoms. The monoisotopic (exact) mass is 372 g/mol. The van der Waals surface area contributed by atoms with Gasteiger partial charge >= 0.3 is 0 Å². The zero-order valence-corrected chi connectivity index (χ0v) is 15.6. The smallest absolute Gasteiger partial charge is 0.270 e. The fourth-order valence-electron chi connectivity index (χ4n) is 4.41. The van der Waals surface area contributed by atoms with Gasteiger partial charge in [0.1, 0.15) is 5.69 Å². The van der Waals surface area contributed by atoms with Crippen molar-refractivity contribution in [1.29, 1.82) is 0 Å². The molecule has 2 bridgehead atoms. The maximum atomic E-state index is 12.7. The van der Waals surface area contributed by atoms with Gasteiger partial charge in [-0.25, -0.2) is 0 Å². The number of anilines is 1. The lowest BCUT2D eigenvalue weighted by Crippen LogP contribution is -2.47. The van der Waals surface area contributed by atoms with Gasteiger partial charge < -0.3 is 19.9 Å². The van der Waals surface area contributed by atoms with Crippen molar-refractivity contribution in [2.45, 2.75) is 18.9 Å². The first kappa shape index (κ1) is 16.5. The molecule has 0 aromatic carbocycles. The minimum absolute atomic E-state index is 0.0410. The van der Waals surface area contributed by atoms with Gasteiger partial charge in [0.25, 0.3) is 5.91 Å². The summed E-state index contributed by atoms with van der Waals surface area (Å²) < 4.78 is 6.56. The molecule has 6 nitrogen and oxygen atoms in total. The van der Waals surface area contributed by atoms with Gasteiger partial charge in [-0.15, -0.1) is 11.3 Å². The van der Waals surface area contributed by atoms with Crippen molar-refractivity contribution < 1.29 is 9.53 Å². The molecule has 3 atom stereocenters. The Morgan fingerprint density at radius 2 is 2.12 bits per heavy atom. The number of aromatic nitrogens is 1. The number of pyridine rings is 1. The van der Waals surface area contributed by atoms with Gasteiger partial charge in [-0.3, -0.25) is 9.78 Å². The van der Waals surface area contributed by atoms with E-state index in [1.54, 1.807) is 11.3 Å². The minimum Gasteiger partial charge on any atom is -0.378 e. The number of hydrogen-bond acceptors (Lipinski definition) is 6. The first-order valence-electron chi connectivity index (χ1n) is 9.50. The van der Waals surface area contributed by atoms with Crippen molar-refractivity contribution in [3.63, 3.8) is 0 Å². The third kappa shape index (κ3) is 3.19. The summed E-state index contributed by atoms with van der Waals surface area (Å²) in [5.41, 5.74) is 0.529. The number of carbonyl (C=O) groups is 1. The van der Waals surface area contributed by atoms with E-state index < -0.39 is 0 Å². The van der Waals surface area contributed by atoms with Crippen LogP contribution in [0.1, 0.15) is 23.3 Å². The standard InChI is InChI=1S/C19H24N4O2S/c24-19(21-15-7-13-1-2-22(11-13)12-15)16-9-17-14(10-20-16)8-18(26-17)23-3-5-25-6-4-23/h8-10,13,15H,1-7,11-12H2,(H,21,24)/t13-,15-/m1/s1. The van der Waals surface area contributed by atoms with E-state index in [1.165, 1.54) is 24.5 Å². The van der Waals surface area contributed by atoms with Gasteiger partial charge in [0.15, 0.2) is 0 Å². The Hall–Kier alpha value is -1.70. The number of ether oxygens (including phenoxy) is 1. The molecular weight excluding hydrogens is 348 g/mol. The number of piperidine rings is 1. The second-order valence-corrected chi connectivity index (χ2v) is 8.67. The molecule has 0 aliphatic carbocycles. The molecule has 3 aliphatic heterocycles. The number of nitrogens with one attached hydrogen (secondary N) is 1. The summed E-state index contributed by atoms with van der Waals surface area (Å²) in [5.74, 6) is 0.707. The van der Waals surface area contributed by atoms with Crippen LogP contribution < -0.4 is 10.2 Å². The average molecular weight is 372 g/mol. The van der Waals surface area contributed by atoms with Crippen LogP contribution in [0.15, 0.2) is 18.3 Å². The Kier molecular flexibility index (Phi) is 4.30. The molecule has 1 N–H and O–H groups in total. The zero-order chi connectivity index (χ0) is 17.5. The molecule has 5 heterocycles. The molecule has 2 aromatic rings. The van der Waals surface area contributed by atoms with Crippen LogP contribution in [0.3, 0.4) is 0 Å². The quantitative estimate of drug-likeness (QED) is 0.893. The third-order valence-corrected chi connectivity index (χ3v) is 6.90. The van der Waals surface area contributed by atoms with Crippen LogP contribution in [0.25, 0.3) is 10.1 Å². The summed E-state index contributed by atoms with van der Waals surface area (Å²) >= 11 is 1.73. The lowest BCUT2D eigenvalue weighted by Gasteiger charge is -2.30. The van der Waals surface area contributed by atoms with E-state index in [0.717, 1.165) is 55.3 Å². The summed E-state index contributed by atoms with van der Waals surface area (Å²) in [6, 6.07) is 4.37. The van der Waals surface area contributed by atoms with Crippen molar-refractivity contribution in [2.24, 2.45) is 5.92 Å². The predicted octanol–water partition coefficient (Wildman–Crippen LogP) is 1.96. The third-order valence-electron chi connectivity index (χ3n) is 5.75. The highest BCUT2D eigenvalue weighted by Crippen LogP contribution is 2.33. The van der Waals surface area contributed by atoms with Gasteiger partial charge in [0.05, 0.1) is 18.2 Å². The molecule has 5 rings (SSSR count). The molecule has 3 aliphatic rings. The fourth-order valence-corrected chi connectivity index (χ4v) is 5.53. The van der Waals surface area contributed by atoms with Crippen molar-refractivity contribution >= 4 is 32.3 Å². The SMILES string of the molecule is O=C(N[C@@H]1C[C@H]2CCN(C2)C1)c1cc2sc(N3CCOCC3)cc2cn1. The first-order valence-corrected chi connectivity index (χ1v) is 10.3. The highest BCUT2D eigenvalue weighted by molar-refractivity contribution is 7.22. The highest BCUT2D eigenvalue weighted by Gasteiger charge is 2.33. The van der Waals surface area contributed by atoms with Crippen molar-refractivity contribution in [3.8, 4) is 0 Å². The molecule has 3 fully saturated rings. The maximum Gasteiger partial charge on any atom is 0.270 e. The molecule has 1 amide bonds. The Morgan fingerprint density at radius 3 is 2.96 bits per heavy atom. The number of carbonyl (C=O) groups excluding carboxylic acids is 1. The fraction of sp³-hybridized carbons (Fsp3) is 0.579. The van der Waals surface area contributed by atoms with Gasteiger partial charge in [0, 0.05) is 48.5 Å². The van der Waals surface area contributed by atoms with Crippen molar-refractivity contribution in [3.05, 3.63) is 24.0 Å². The van der Waals surface area contributed by atoms with Crippen LogP contribution in [0, 0.1) is 5.92 Å². The van der Waals surface area contributed by atoms with Gasteiger partial charge in [-0.05, 0) is 37.4 Å². The second-order valence-electron chi connectivity index (χ2n) is 7.61. The topological polar surface area (TPSA) is 57.7 Å². The average Bonchev–Trinajstić information content (AvgIpc) is 3.24. The minimum atomic E-state index is -0.0410. The zero-order valence-electron chi connectivity index (χ0n) is 14.8. The van der Waals surface area contributed by atoms with Crippen LogP contribution in [-0.4, -0.2) is 67.8 Å². The largest absolute Gasteiger partial charge is 0.378 e. The molecular formula is C19H24N4O2S. The van der Waals surface area contributed by atoms with E-state index in [1.807, 2.05) is 12.3 Å². The van der Waals surface area contributed by atoms with Gasteiger partial charge in [-0.1, -0.05) is 0 Å². The molecule has 0 radical (unpaired) electrons. The number of rotatable bonds is 3. The molecule has 0 saturated carbocycles. The van der Waals surface area contributed by atoms with Crippen molar-refractivity contribution in [2.75, 3.05) is 50.8 Å². The van der Waals surface area contributed by atoms with E-state index >= 15 is 0 Å². The molecule has 2 aromatic heterocycles. The number of morpholine rings is 1. The highest BCUT2D eigenvalue weighted by atomic mass is 32.1. The second kappa shape index (κ2) is 6.79. The predicted molar refractivity (Wildman–Crippen MR) is 103 cm³/mol. The number of nitrogens with zero attached hydrogens (tertiary/aromatic N) is 3. The lowest BCUT2D eigenvalue weighted by molar-refractivity contribution is 0.0904. The van der Waals surface area contributed by atoms with Crippen LogP contribution in [0.4, 0.5) is 5.00 Å². The van der Waals surface area contributed by atoms with Gasteiger partial charge in [0.2, 0.25) is 0 Å². The van der Waals surface area contributed by atoms with E-state index in [-0.39, 0.29) is 11.9 Å². The summed E-state index contributed by atoms with van der Waals surface area (Å²) in [7, 11) is 0. The Morgan fingerprint density at radius 1 is 1.23 bits per heavy atom. The van der Waals surface area contributed by atoms with Crippen LogP contribution in [0.2, 0.25) is 0 Å². The first-order chi connectivity index (χ1) is 12.7. The van der Waals surface area contributed by atoms with Crippen LogP contribution in [0.5, 0.6) is 0 Å². The number of amides is 1. The molecule has 138 valence electrons. The van der Waals surface area contributed by atoms with Crippen molar-refractivity contribution in [1.82, 2.24) is 15.2 Å². The summed E-state index contributed by atoms with van der Waals surface area (Å²) in [6.07, 6.45) is 4.21. The summed E-state index contributed by atoms with van der Waals surface area (Å²) in [5, 5.41) is 5.55. The maximum absolute atomic E-state index is 12.7. The normalized spacial score (nSPS) is 28.5. The van der Waals surface area contributed by atoms with E-state index in [0.29, 0.717) is 5.69 Å². The van der Waals surface area contributed by atoms with E-state index in [9.17, 15) is 4.79 Å². The van der Waals surface area contributed by atoms with E-state index in [4.69, 9.17) is 4.74 Å². The molecule has 7 heteroatoms. The Bertz CT molecular complexity index is 805. The van der Waals surface area contributed by atoms with Gasteiger partial charge in [-0.2, -0.15) is 0 Å². The summed E-state index contributed by atoms with van der Waals surface area (Å²) in [6.45, 7) is 6.76. The lowest BCUT2D eigenvalue weighted by atomic mass is 9.97. The van der Waals surface area contributed by atoms with Crippen LogP contribution >= 0.6 is 11.3 Å². The molecule has 3 saturated heterocycles. The van der Waals surface area contributed by atoms with E-state index in [2.05, 4.69) is 26.2 Å². The Labute approximate surface area is 157 Å². The number of thiophene rings is 1. The number of hydrogen-bond donors (Lipinski definition) is 1. The Balaban J connectivity index is 1.31. The summed E-state index contributed by atoms with van der Waals surface area (Å²) in [4.78, 5) is 21.9. The molecule has 1 unspecified atom stereocenters. The molecule has 0 spiro atoms. The van der Waals surface area contributed by atoms with Crippen LogP contribution in [-0.2, 0) is 4.74 Å². The number of fused-ring (bicyclic) bond motifs is 3.